The van der Waals surface area contributed by atoms with Gasteiger partial charge in [0.25, 0.3) is 0 Å². The molecule has 0 spiro atoms. The summed E-state index contributed by atoms with van der Waals surface area (Å²) in [7, 11) is -1.65. The van der Waals surface area contributed by atoms with Crippen LogP contribution in [0, 0.1) is 0 Å². The van der Waals surface area contributed by atoms with Crippen LogP contribution < -0.4 is 14.8 Å². The summed E-state index contributed by atoms with van der Waals surface area (Å²) in [6.45, 7) is 2.08. The normalized spacial score (nSPS) is 16.5. The van der Waals surface area contributed by atoms with Crippen molar-refractivity contribution in [3.8, 4) is 5.75 Å². The fourth-order valence-corrected chi connectivity index (χ4v) is 5.07. The fraction of sp³-hybridized carbons (Fsp3) is 0.429. The Morgan fingerprint density at radius 2 is 1.52 bits per heavy atom. The molecule has 0 bridgehead atoms. The average molecular weight is 389 g/mol. The smallest absolute Gasteiger partial charge is 0.235 e. The van der Waals surface area contributed by atoms with Gasteiger partial charge in [-0.25, -0.2) is 8.42 Å². The topological polar surface area (TPSA) is 67.4 Å². The van der Waals surface area contributed by atoms with E-state index in [1.165, 1.54) is 0 Å². The minimum atomic E-state index is -3.30. The Hall–Kier alpha value is -2.21. The number of rotatable bonds is 7. The van der Waals surface area contributed by atoms with Gasteiger partial charge >= 0.3 is 0 Å². The van der Waals surface area contributed by atoms with E-state index >= 15 is 0 Å². The van der Waals surface area contributed by atoms with Crippen molar-refractivity contribution in [1.29, 1.82) is 0 Å². The minimum Gasteiger partial charge on any atom is -0.497 e. The van der Waals surface area contributed by atoms with Gasteiger partial charge in [-0.2, -0.15) is 0 Å². The number of benzene rings is 2. The van der Waals surface area contributed by atoms with E-state index in [1.807, 2.05) is 48.5 Å². The summed E-state index contributed by atoms with van der Waals surface area (Å²) in [6, 6.07) is 15.5. The van der Waals surface area contributed by atoms with E-state index in [0.717, 1.165) is 49.1 Å². The van der Waals surface area contributed by atoms with Crippen LogP contribution in [0.4, 0.5) is 11.4 Å². The molecule has 1 fully saturated rings. The highest BCUT2D eigenvalue weighted by Gasteiger charge is 2.27. The summed E-state index contributed by atoms with van der Waals surface area (Å²) in [5.74, 6) is 0.834. The Morgan fingerprint density at radius 1 is 0.926 bits per heavy atom. The summed E-state index contributed by atoms with van der Waals surface area (Å²) in [5, 5.41) is 3.17. The molecule has 1 aliphatic rings. The van der Waals surface area contributed by atoms with Crippen LogP contribution in [0.15, 0.2) is 48.5 Å². The van der Waals surface area contributed by atoms with Crippen molar-refractivity contribution in [3.63, 3.8) is 0 Å². The zero-order valence-electron chi connectivity index (χ0n) is 15.9. The Labute approximate surface area is 162 Å². The molecule has 3 rings (SSSR count). The second kappa shape index (κ2) is 8.65. The maximum Gasteiger partial charge on any atom is 0.235 e. The van der Waals surface area contributed by atoms with Gasteiger partial charge in [-0.05, 0) is 61.7 Å². The first-order chi connectivity index (χ1) is 13.0. The van der Waals surface area contributed by atoms with Gasteiger partial charge in [0.15, 0.2) is 0 Å². The van der Waals surface area contributed by atoms with Crippen LogP contribution in [0.25, 0.3) is 0 Å². The highest BCUT2D eigenvalue weighted by atomic mass is 32.2. The van der Waals surface area contributed by atoms with Crippen LogP contribution in [-0.2, 0) is 10.0 Å². The Bertz CT molecular complexity index is 827. The van der Waals surface area contributed by atoms with Gasteiger partial charge in [0, 0.05) is 17.4 Å². The molecule has 1 atom stereocenters. The van der Waals surface area contributed by atoms with Gasteiger partial charge in [-0.15, -0.1) is 0 Å². The van der Waals surface area contributed by atoms with Gasteiger partial charge < -0.3 is 10.1 Å². The monoisotopic (exact) mass is 388 g/mol. The van der Waals surface area contributed by atoms with Gasteiger partial charge in [-0.1, -0.05) is 31.4 Å². The van der Waals surface area contributed by atoms with Crippen molar-refractivity contribution in [3.05, 3.63) is 54.1 Å². The van der Waals surface area contributed by atoms with Crippen LogP contribution in [-0.4, -0.2) is 20.8 Å². The standard InChI is InChI=1S/C21H28N2O3S/c1-16(17-8-14-20(26-2)15-9-17)22-18-10-12-19(13-11-18)23-27(24,25)21-6-4-3-5-7-21/h8-16,21-23H,3-7H2,1-2H3/t16-/m0/s1. The van der Waals surface area contributed by atoms with Crippen LogP contribution >= 0.6 is 0 Å². The molecule has 2 N–H and O–H groups in total. The van der Waals surface area contributed by atoms with Crippen molar-refractivity contribution in [2.75, 3.05) is 17.1 Å². The SMILES string of the molecule is COc1ccc([C@H](C)Nc2ccc(NS(=O)(=O)C3CCCCC3)cc2)cc1. The number of ether oxygens (including phenoxy) is 1. The van der Waals surface area contributed by atoms with Crippen molar-refractivity contribution in [2.45, 2.75) is 50.3 Å². The summed E-state index contributed by atoms with van der Waals surface area (Å²) in [5.41, 5.74) is 2.71. The summed E-state index contributed by atoms with van der Waals surface area (Å²) < 4.78 is 33.0. The molecule has 0 aliphatic heterocycles. The summed E-state index contributed by atoms with van der Waals surface area (Å²) >= 11 is 0. The van der Waals surface area contributed by atoms with Gasteiger partial charge in [0.2, 0.25) is 10.0 Å². The van der Waals surface area contributed by atoms with Crippen LogP contribution in [0.2, 0.25) is 0 Å². The molecule has 2 aromatic rings. The minimum absolute atomic E-state index is 0.126. The molecule has 0 unspecified atom stereocenters. The molecule has 1 saturated carbocycles. The lowest BCUT2D eigenvalue weighted by molar-refractivity contribution is 0.414. The third kappa shape index (κ3) is 5.16. The molecular formula is C21H28N2O3S. The third-order valence-electron chi connectivity index (χ3n) is 5.14. The van der Waals surface area contributed by atoms with E-state index in [0.29, 0.717) is 5.69 Å². The number of sulfonamides is 1. The number of hydrogen-bond donors (Lipinski definition) is 2. The Kier molecular flexibility index (Phi) is 6.26. The average Bonchev–Trinajstić information content (AvgIpc) is 2.70. The van der Waals surface area contributed by atoms with Gasteiger partial charge in [0.05, 0.1) is 12.4 Å². The molecule has 6 heteroatoms. The number of anilines is 2. The molecule has 27 heavy (non-hydrogen) atoms. The van der Waals surface area contributed by atoms with E-state index in [9.17, 15) is 8.42 Å². The molecule has 0 saturated heterocycles. The van der Waals surface area contributed by atoms with Gasteiger partial charge in [-0.3, -0.25) is 4.72 Å². The Morgan fingerprint density at radius 3 is 2.11 bits per heavy atom. The lowest BCUT2D eigenvalue weighted by Gasteiger charge is -2.22. The molecule has 0 radical (unpaired) electrons. The molecule has 2 aromatic carbocycles. The first-order valence-corrected chi connectivity index (χ1v) is 11.0. The van der Waals surface area contributed by atoms with Gasteiger partial charge in [0.1, 0.15) is 5.75 Å². The Balaban J connectivity index is 1.60. The van der Waals surface area contributed by atoms with E-state index in [4.69, 9.17) is 4.74 Å². The number of hydrogen-bond acceptors (Lipinski definition) is 4. The molecule has 5 nitrogen and oxygen atoms in total. The summed E-state index contributed by atoms with van der Waals surface area (Å²) in [4.78, 5) is 0. The summed E-state index contributed by atoms with van der Waals surface area (Å²) in [6.07, 6.45) is 4.65. The largest absolute Gasteiger partial charge is 0.497 e. The predicted molar refractivity (Wildman–Crippen MR) is 111 cm³/mol. The molecule has 146 valence electrons. The van der Waals surface area contributed by atoms with Crippen LogP contribution in [0.1, 0.15) is 50.6 Å². The maximum absolute atomic E-state index is 12.5. The van der Waals surface area contributed by atoms with E-state index in [1.54, 1.807) is 7.11 Å². The van der Waals surface area contributed by atoms with Crippen LogP contribution in [0.3, 0.4) is 0 Å². The van der Waals surface area contributed by atoms with Crippen molar-refractivity contribution in [1.82, 2.24) is 0 Å². The van der Waals surface area contributed by atoms with E-state index in [2.05, 4.69) is 17.0 Å². The zero-order valence-corrected chi connectivity index (χ0v) is 16.8. The van der Waals surface area contributed by atoms with Crippen molar-refractivity contribution < 1.29 is 13.2 Å². The highest BCUT2D eigenvalue weighted by Crippen LogP contribution is 2.26. The zero-order chi connectivity index (χ0) is 19.3. The molecular weight excluding hydrogens is 360 g/mol. The lowest BCUT2D eigenvalue weighted by atomic mass is 10.0. The lowest BCUT2D eigenvalue weighted by Crippen LogP contribution is -2.29. The number of nitrogens with one attached hydrogen (secondary N) is 2. The quantitative estimate of drug-likeness (QED) is 0.705. The van der Waals surface area contributed by atoms with Crippen molar-refractivity contribution >= 4 is 21.4 Å². The molecule has 1 aliphatic carbocycles. The number of methoxy groups -OCH3 is 1. The third-order valence-corrected chi connectivity index (χ3v) is 7.00. The highest BCUT2D eigenvalue weighted by molar-refractivity contribution is 7.93. The second-order valence-electron chi connectivity index (χ2n) is 7.12. The van der Waals surface area contributed by atoms with Crippen LogP contribution in [0.5, 0.6) is 5.75 Å². The first kappa shape index (κ1) is 19.5. The van der Waals surface area contributed by atoms with E-state index < -0.39 is 10.0 Å². The first-order valence-electron chi connectivity index (χ1n) is 9.50. The second-order valence-corrected chi connectivity index (χ2v) is 9.08. The fourth-order valence-electron chi connectivity index (χ4n) is 3.48. The maximum atomic E-state index is 12.5. The molecule has 0 aromatic heterocycles. The predicted octanol–water partition coefficient (Wildman–Crippen LogP) is 4.94. The molecule has 0 heterocycles. The molecule has 0 amide bonds. The van der Waals surface area contributed by atoms with E-state index in [-0.39, 0.29) is 11.3 Å². The van der Waals surface area contributed by atoms with Crippen molar-refractivity contribution in [2.24, 2.45) is 0 Å².